The lowest BCUT2D eigenvalue weighted by Crippen LogP contribution is -2.15. The van der Waals surface area contributed by atoms with Crippen LogP contribution in [0.5, 0.6) is 5.75 Å². The Kier molecular flexibility index (Phi) is 6.99. The van der Waals surface area contributed by atoms with Crippen LogP contribution in [0.25, 0.3) is 0 Å². The average Bonchev–Trinajstić information content (AvgIpc) is 3.12. The molecule has 1 aromatic heterocycles. The molecule has 0 aliphatic carbocycles. The number of benzene rings is 2. The summed E-state index contributed by atoms with van der Waals surface area (Å²) >= 11 is 2.54. The maximum atomic E-state index is 12.5. The van der Waals surface area contributed by atoms with Crippen LogP contribution < -0.4 is 15.4 Å². The largest absolute Gasteiger partial charge is 0.433 e. The second-order valence-electron chi connectivity index (χ2n) is 5.96. The molecule has 1 heterocycles. The Morgan fingerprint density at radius 2 is 1.90 bits per heavy atom. The summed E-state index contributed by atoms with van der Waals surface area (Å²) in [5.74, 6) is -0.391. The molecule has 29 heavy (non-hydrogen) atoms. The summed E-state index contributed by atoms with van der Waals surface area (Å²) in [4.78, 5) is 12.2. The highest BCUT2D eigenvalue weighted by Gasteiger charge is 2.13. The molecule has 3 aromatic rings. The first-order valence-electron chi connectivity index (χ1n) is 8.55. The Morgan fingerprint density at radius 1 is 1.14 bits per heavy atom. The molecule has 1 amide bonds. The van der Waals surface area contributed by atoms with E-state index in [4.69, 9.17) is 0 Å². The van der Waals surface area contributed by atoms with Crippen molar-refractivity contribution in [3.63, 3.8) is 0 Å². The number of nitrogens with zero attached hydrogens (tertiary/aromatic N) is 2. The molecule has 2 aromatic carbocycles. The van der Waals surface area contributed by atoms with Gasteiger partial charge in [-0.2, -0.15) is 8.78 Å². The van der Waals surface area contributed by atoms with Crippen molar-refractivity contribution < 1.29 is 18.3 Å². The Bertz CT molecular complexity index is 998. The van der Waals surface area contributed by atoms with Crippen LogP contribution in [0.2, 0.25) is 0 Å². The van der Waals surface area contributed by atoms with Gasteiger partial charge in [-0.25, -0.2) is 0 Å². The molecule has 2 N–H and O–H groups in total. The van der Waals surface area contributed by atoms with Crippen LogP contribution in [0, 0.1) is 13.8 Å². The van der Waals surface area contributed by atoms with Gasteiger partial charge in [-0.05, 0) is 43.2 Å². The van der Waals surface area contributed by atoms with E-state index in [0.717, 1.165) is 11.3 Å². The number of hydrogen-bond donors (Lipinski definition) is 2. The standard InChI is InChI=1S/C19H18F2N4O2S2/c1-11-6-5-8-13(12(11)2)23-18-24-25-19(29-18)28-10-16(26)22-14-7-3-4-9-15(14)27-17(20)21/h3-9,17H,10H2,1-2H3,(H,22,26)(H,23,24). The van der Waals surface area contributed by atoms with E-state index in [-0.39, 0.29) is 23.1 Å². The number of carbonyl (C=O) groups excluding carboxylic acids is 1. The number of aromatic nitrogens is 2. The van der Waals surface area contributed by atoms with Gasteiger partial charge in [-0.1, -0.05) is 47.4 Å². The van der Waals surface area contributed by atoms with E-state index in [1.54, 1.807) is 12.1 Å². The number of amides is 1. The predicted molar refractivity (Wildman–Crippen MR) is 112 cm³/mol. The van der Waals surface area contributed by atoms with Gasteiger partial charge in [0, 0.05) is 5.69 Å². The van der Waals surface area contributed by atoms with Gasteiger partial charge >= 0.3 is 6.61 Å². The molecule has 3 rings (SSSR count). The third-order valence-electron chi connectivity index (χ3n) is 3.96. The number of aryl methyl sites for hydroxylation is 1. The Labute approximate surface area is 174 Å². The molecule has 0 bridgehead atoms. The fourth-order valence-corrected chi connectivity index (χ4v) is 3.97. The van der Waals surface area contributed by atoms with E-state index in [9.17, 15) is 13.6 Å². The van der Waals surface area contributed by atoms with Crippen LogP contribution in [0.4, 0.5) is 25.3 Å². The molecule has 0 aliphatic heterocycles. The van der Waals surface area contributed by atoms with Crippen molar-refractivity contribution in [1.82, 2.24) is 10.2 Å². The quantitative estimate of drug-likeness (QED) is 0.471. The van der Waals surface area contributed by atoms with E-state index in [2.05, 4.69) is 25.6 Å². The molecule has 0 aliphatic rings. The van der Waals surface area contributed by atoms with Crippen molar-refractivity contribution >= 4 is 45.5 Å². The lowest BCUT2D eigenvalue weighted by Gasteiger charge is -2.11. The number of hydrogen-bond acceptors (Lipinski definition) is 7. The topological polar surface area (TPSA) is 76.1 Å². The zero-order valence-corrected chi connectivity index (χ0v) is 17.2. The molecule has 0 saturated carbocycles. The summed E-state index contributed by atoms with van der Waals surface area (Å²) in [5, 5.41) is 14.6. The number of thioether (sulfide) groups is 1. The van der Waals surface area contributed by atoms with Gasteiger partial charge in [0.1, 0.15) is 5.75 Å². The van der Waals surface area contributed by atoms with Gasteiger partial charge in [0.2, 0.25) is 11.0 Å². The number of rotatable bonds is 8. The second kappa shape index (κ2) is 9.66. The van der Waals surface area contributed by atoms with Gasteiger partial charge in [0.05, 0.1) is 11.4 Å². The first kappa shape index (κ1) is 21.0. The van der Waals surface area contributed by atoms with Gasteiger partial charge < -0.3 is 15.4 Å². The fourth-order valence-electron chi connectivity index (χ4n) is 2.40. The summed E-state index contributed by atoms with van der Waals surface area (Å²) in [6.45, 7) is 1.09. The summed E-state index contributed by atoms with van der Waals surface area (Å²) in [7, 11) is 0. The molecule has 0 atom stereocenters. The van der Waals surface area contributed by atoms with Gasteiger partial charge in [-0.15, -0.1) is 10.2 Å². The second-order valence-corrected chi connectivity index (χ2v) is 8.16. The van der Waals surface area contributed by atoms with E-state index < -0.39 is 6.61 Å². The lowest BCUT2D eigenvalue weighted by atomic mass is 10.1. The molecule has 0 saturated heterocycles. The monoisotopic (exact) mass is 436 g/mol. The van der Waals surface area contributed by atoms with Crippen molar-refractivity contribution in [2.24, 2.45) is 0 Å². The predicted octanol–water partition coefficient (Wildman–Crippen LogP) is 5.23. The Morgan fingerprint density at radius 3 is 2.69 bits per heavy atom. The average molecular weight is 437 g/mol. The van der Waals surface area contributed by atoms with Crippen molar-refractivity contribution in [3.8, 4) is 5.75 Å². The minimum Gasteiger partial charge on any atom is -0.433 e. The normalized spacial score (nSPS) is 10.8. The molecular formula is C19H18F2N4O2S2. The van der Waals surface area contributed by atoms with Crippen molar-refractivity contribution in [3.05, 3.63) is 53.6 Å². The van der Waals surface area contributed by atoms with Crippen LogP contribution in [-0.4, -0.2) is 28.5 Å². The number of para-hydroxylation sites is 2. The Hall–Kier alpha value is -2.72. The summed E-state index contributed by atoms with van der Waals surface area (Å²) in [5.41, 5.74) is 3.43. The molecular weight excluding hydrogens is 418 g/mol. The lowest BCUT2D eigenvalue weighted by molar-refractivity contribution is -0.113. The maximum absolute atomic E-state index is 12.5. The number of carbonyl (C=O) groups is 1. The summed E-state index contributed by atoms with van der Waals surface area (Å²) in [6, 6.07) is 12.0. The summed E-state index contributed by atoms with van der Waals surface area (Å²) in [6.07, 6.45) is 0. The van der Waals surface area contributed by atoms with Crippen LogP contribution in [-0.2, 0) is 4.79 Å². The van der Waals surface area contributed by atoms with Crippen LogP contribution in [0.3, 0.4) is 0 Å². The highest BCUT2D eigenvalue weighted by Crippen LogP contribution is 2.30. The SMILES string of the molecule is Cc1cccc(Nc2nnc(SCC(=O)Nc3ccccc3OC(F)F)s2)c1C. The number of alkyl halides is 2. The molecule has 0 radical (unpaired) electrons. The van der Waals surface area contributed by atoms with Gasteiger partial charge in [0.15, 0.2) is 4.34 Å². The highest BCUT2D eigenvalue weighted by atomic mass is 32.2. The minimum absolute atomic E-state index is 0.0567. The summed E-state index contributed by atoms with van der Waals surface area (Å²) < 4.78 is 29.9. The van der Waals surface area contributed by atoms with Crippen molar-refractivity contribution in [2.75, 3.05) is 16.4 Å². The van der Waals surface area contributed by atoms with E-state index in [0.29, 0.717) is 9.47 Å². The number of halogens is 2. The van der Waals surface area contributed by atoms with Gasteiger partial charge in [0.25, 0.3) is 0 Å². The number of ether oxygens (including phenoxy) is 1. The Balaban J connectivity index is 1.56. The van der Waals surface area contributed by atoms with Crippen LogP contribution in [0.15, 0.2) is 46.8 Å². The van der Waals surface area contributed by atoms with Gasteiger partial charge in [-0.3, -0.25) is 4.79 Å². The molecule has 0 spiro atoms. The first-order valence-corrected chi connectivity index (χ1v) is 10.4. The maximum Gasteiger partial charge on any atom is 0.387 e. The molecule has 0 unspecified atom stereocenters. The minimum atomic E-state index is -2.97. The van der Waals surface area contributed by atoms with Crippen molar-refractivity contribution in [2.45, 2.75) is 24.8 Å². The third kappa shape index (κ3) is 5.88. The van der Waals surface area contributed by atoms with Crippen LogP contribution >= 0.6 is 23.1 Å². The molecule has 152 valence electrons. The van der Waals surface area contributed by atoms with E-state index in [1.807, 2.05) is 32.0 Å². The molecule has 10 heteroatoms. The third-order valence-corrected chi connectivity index (χ3v) is 5.93. The number of nitrogens with one attached hydrogen (secondary N) is 2. The fraction of sp³-hybridized carbons (Fsp3) is 0.211. The van der Waals surface area contributed by atoms with E-state index >= 15 is 0 Å². The van der Waals surface area contributed by atoms with E-state index in [1.165, 1.54) is 40.8 Å². The van der Waals surface area contributed by atoms with Crippen molar-refractivity contribution in [1.29, 1.82) is 0 Å². The highest BCUT2D eigenvalue weighted by molar-refractivity contribution is 8.01. The zero-order valence-electron chi connectivity index (χ0n) is 15.6. The first-order chi connectivity index (χ1) is 13.9. The smallest absolute Gasteiger partial charge is 0.387 e. The molecule has 0 fully saturated rings. The van der Waals surface area contributed by atoms with Crippen LogP contribution in [0.1, 0.15) is 11.1 Å². The zero-order chi connectivity index (χ0) is 20.8. The number of anilines is 3. The molecule has 6 nitrogen and oxygen atoms in total.